The van der Waals surface area contributed by atoms with Gasteiger partial charge >= 0.3 is 11.9 Å². The monoisotopic (exact) mass is 606 g/mol. The van der Waals surface area contributed by atoms with Crippen LogP contribution in [0.5, 0.6) is 11.5 Å². The van der Waals surface area contributed by atoms with Gasteiger partial charge in [0.15, 0.2) is 11.5 Å². The van der Waals surface area contributed by atoms with Crippen molar-refractivity contribution in [2.75, 3.05) is 13.0 Å². The van der Waals surface area contributed by atoms with Gasteiger partial charge in [0.05, 0.1) is 33.9 Å². The first kappa shape index (κ1) is 26.6. The van der Waals surface area contributed by atoms with Crippen molar-refractivity contribution in [3.63, 3.8) is 0 Å². The highest BCUT2D eigenvalue weighted by atomic mass is 32.2. The third-order valence-corrected chi connectivity index (χ3v) is 7.70. The number of nitrogens with zero attached hydrogens (tertiary/aromatic N) is 2. The third kappa shape index (κ3) is 4.63. The zero-order valence-corrected chi connectivity index (χ0v) is 22.4. The summed E-state index contributed by atoms with van der Waals surface area (Å²) in [6.45, 7) is -0.202. The van der Waals surface area contributed by atoms with Crippen LogP contribution < -0.4 is 25.4 Å². The molecule has 4 heterocycles. The second-order valence-corrected chi connectivity index (χ2v) is 11.7. The summed E-state index contributed by atoms with van der Waals surface area (Å²) in [7, 11) is -4.18. The fourth-order valence-electron chi connectivity index (χ4n) is 4.72. The average molecular weight is 607 g/mol. The molecule has 1 amide bonds. The first-order valence-corrected chi connectivity index (χ1v) is 14.5. The van der Waals surface area contributed by atoms with E-state index in [1.165, 1.54) is 15.3 Å². The Morgan fingerprint density at radius 2 is 1.83 bits per heavy atom. The lowest BCUT2D eigenvalue weighted by Crippen LogP contribution is -2.37. The summed E-state index contributed by atoms with van der Waals surface area (Å²) in [5.74, 6) is -0.417. The van der Waals surface area contributed by atoms with Crippen molar-refractivity contribution in [1.29, 1.82) is 0 Å². The number of carbonyl (C=O) groups excluding carboxylic acids is 1. The van der Waals surface area contributed by atoms with Crippen molar-refractivity contribution in [3.05, 3.63) is 84.8 Å². The van der Waals surface area contributed by atoms with E-state index in [2.05, 4.69) is 4.98 Å². The molecular formula is C25H17F3N4O7S2. The number of benzene rings is 2. The Bertz CT molecular complexity index is 2130. The van der Waals surface area contributed by atoms with E-state index in [0.717, 1.165) is 23.5 Å². The van der Waals surface area contributed by atoms with Crippen molar-refractivity contribution in [2.24, 2.45) is 0 Å². The molecule has 0 saturated heterocycles. The molecular weight excluding hydrogens is 589 g/mol. The number of carbonyl (C=O) groups is 1. The molecule has 0 aliphatic carbocycles. The number of nitrogens with one attached hydrogen (secondary N) is 2. The van der Waals surface area contributed by atoms with E-state index in [0.29, 0.717) is 34.0 Å². The second kappa shape index (κ2) is 9.24. The smallest absolute Gasteiger partial charge is 0.416 e. The Kier molecular flexibility index (Phi) is 6.00. The third-order valence-electron chi connectivity index (χ3n) is 6.40. The number of alkyl halides is 3. The summed E-state index contributed by atoms with van der Waals surface area (Å²) in [6, 6.07) is 7.40. The Balaban J connectivity index is 1.72. The Hall–Kier alpha value is -4.57. The Morgan fingerprint density at radius 3 is 2.56 bits per heavy atom. The predicted octanol–water partition coefficient (Wildman–Crippen LogP) is 3.18. The minimum absolute atomic E-state index is 0.0195. The van der Waals surface area contributed by atoms with Crippen LogP contribution in [0.4, 0.5) is 13.2 Å². The quantitative estimate of drug-likeness (QED) is 0.313. The first-order valence-electron chi connectivity index (χ1n) is 11.7. The molecule has 0 bridgehead atoms. The van der Waals surface area contributed by atoms with Gasteiger partial charge in [-0.1, -0.05) is 6.07 Å². The molecule has 0 fully saturated rings. The number of aromatic nitrogens is 3. The van der Waals surface area contributed by atoms with Crippen molar-refractivity contribution >= 4 is 49.1 Å². The van der Waals surface area contributed by atoms with Crippen LogP contribution in [0.25, 0.3) is 27.5 Å². The lowest BCUT2D eigenvalue weighted by molar-refractivity contribution is -0.137. The zero-order chi connectivity index (χ0) is 29.3. The van der Waals surface area contributed by atoms with Gasteiger partial charge in [0.1, 0.15) is 5.69 Å². The van der Waals surface area contributed by atoms with E-state index >= 15 is 0 Å². The van der Waals surface area contributed by atoms with Gasteiger partial charge < -0.3 is 19.0 Å². The summed E-state index contributed by atoms with van der Waals surface area (Å²) in [5.41, 5.74) is -3.35. The Labute approximate surface area is 231 Å². The highest BCUT2D eigenvalue weighted by molar-refractivity contribution is 7.89. The van der Waals surface area contributed by atoms with Gasteiger partial charge in [-0.3, -0.25) is 9.59 Å². The number of sulfonamides is 1. The maximum atomic E-state index is 13.8. The number of hydrogen-bond donors (Lipinski definition) is 2. The summed E-state index contributed by atoms with van der Waals surface area (Å²) in [4.78, 5) is 42.8. The summed E-state index contributed by atoms with van der Waals surface area (Å²) in [6.07, 6.45) is -4.09. The lowest BCUT2D eigenvalue weighted by Gasteiger charge is -2.13. The number of rotatable bonds is 5. The number of amides is 1. The van der Waals surface area contributed by atoms with Crippen LogP contribution in [0.3, 0.4) is 0 Å². The topological polar surface area (TPSA) is 141 Å². The van der Waals surface area contributed by atoms with E-state index < -0.39 is 50.3 Å². The van der Waals surface area contributed by atoms with Crippen LogP contribution in [0.15, 0.2) is 56.7 Å². The summed E-state index contributed by atoms with van der Waals surface area (Å²) < 4.78 is 79.9. The van der Waals surface area contributed by atoms with Crippen LogP contribution in [-0.4, -0.2) is 41.5 Å². The fraction of sp³-hybridized carbons (Fsp3) is 0.160. The molecule has 0 unspecified atom stereocenters. The normalized spacial score (nSPS) is 13.3. The van der Waals surface area contributed by atoms with Crippen molar-refractivity contribution in [1.82, 2.24) is 18.8 Å². The largest absolute Gasteiger partial charge is 0.454 e. The Morgan fingerprint density at radius 1 is 1.07 bits per heavy atom. The van der Waals surface area contributed by atoms with Crippen LogP contribution in [-0.2, 0) is 22.7 Å². The molecule has 6 rings (SSSR count). The lowest BCUT2D eigenvalue weighted by atomic mass is 10.1. The molecule has 0 radical (unpaired) electrons. The van der Waals surface area contributed by atoms with Crippen LogP contribution in [0.1, 0.15) is 21.6 Å². The maximum Gasteiger partial charge on any atom is 0.416 e. The second-order valence-electron chi connectivity index (χ2n) is 9.17. The minimum atomic E-state index is -4.81. The summed E-state index contributed by atoms with van der Waals surface area (Å²) in [5, 5.41) is 2.71. The predicted molar refractivity (Wildman–Crippen MR) is 143 cm³/mol. The highest BCUT2D eigenvalue weighted by Gasteiger charge is 2.34. The minimum Gasteiger partial charge on any atom is -0.454 e. The first-order chi connectivity index (χ1) is 19.3. The molecule has 1 aliphatic heterocycles. The highest BCUT2D eigenvalue weighted by Crippen LogP contribution is 2.37. The number of hydrogen-bond acceptors (Lipinski definition) is 8. The standard InChI is InChI=1S/C25H17F3N4O7S2/c1-41(36,37)30-22(33)21-20(32-23(34)15-9-40-10-16(15)29-24(32)35)14-7-13(25(26,27)28)3-4-17(14)31(21)8-12-2-5-18-19(6-12)39-11-38-18/h2-7,9-10H,8,11H2,1H3,(H,29,35)(H,30,33). The molecule has 11 nitrogen and oxygen atoms in total. The molecule has 41 heavy (non-hydrogen) atoms. The SMILES string of the molecule is CS(=O)(=O)NC(=O)c1c(-n2c(=O)[nH]c3cscc3c2=O)c2cc(C(F)(F)F)ccc2n1Cc1ccc2c(c1)OCO2. The van der Waals surface area contributed by atoms with Gasteiger partial charge in [-0.15, -0.1) is 11.3 Å². The average Bonchev–Trinajstić information content (AvgIpc) is 3.60. The van der Waals surface area contributed by atoms with E-state index in [4.69, 9.17) is 9.47 Å². The van der Waals surface area contributed by atoms with E-state index in [1.807, 2.05) is 4.72 Å². The fourth-order valence-corrected chi connectivity index (χ4v) is 5.91. The molecule has 2 N–H and O–H groups in total. The van der Waals surface area contributed by atoms with Crippen molar-refractivity contribution in [2.45, 2.75) is 12.7 Å². The van der Waals surface area contributed by atoms with Gasteiger partial charge in [-0.2, -0.15) is 13.2 Å². The van der Waals surface area contributed by atoms with Crippen molar-refractivity contribution < 1.29 is 35.9 Å². The summed E-state index contributed by atoms with van der Waals surface area (Å²) >= 11 is 1.11. The van der Waals surface area contributed by atoms with Crippen LogP contribution in [0, 0.1) is 0 Å². The molecule has 2 aromatic carbocycles. The maximum absolute atomic E-state index is 13.8. The molecule has 16 heteroatoms. The number of H-pyrrole nitrogens is 1. The van der Waals surface area contributed by atoms with Gasteiger partial charge in [0, 0.05) is 22.7 Å². The number of fused-ring (bicyclic) bond motifs is 3. The molecule has 5 aromatic rings. The van der Waals surface area contributed by atoms with E-state index in [-0.39, 0.29) is 35.1 Å². The zero-order valence-electron chi connectivity index (χ0n) is 20.7. The molecule has 212 valence electrons. The molecule has 0 saturated carbocycles. The van der Waals surface area contributed by atoms with Crippen molar-refractivity contribution in [3.8, 4) is 17.2 Å². The van der Waals surface area contributed by atoms with E-state index in [1.54, 1.807) is 18.2 Å². The number of thiophene rings is 1. The van der Waals surface area contributed by atoms with Crippen LogP contribution in [0.2, 0.25) is 0 Å². The van der Waals surface area contributed by atoms with Crippen LogP contribution >= 0.6 is 11.3 Å². The molecule has 1 aliphatic rings. The van der Waals surface area contributed by atoms with Gasteiger partial charge in [-0.25, -0.2) is 22.5 Å². The molecule has 0 spiro atoms. The van der Waals surface area contributed by atoms with E-state index in [9.17, 15) is 36.0 Å². The van der Waals surface area contributed by atoms with Gasteiger partial charge in [-0.05, 0) is 35.9 Å². The molecule has 0 atom stereocenters. The van der Waals surface area contributed by atoms with Gasteiger partial charge in [0.25, 0.3) is 11.5 Å². The number of aromatic amines is 1. The number of halogens is 3. The van der Waals surface area contributed by atoms with Gasteiger partial charge in [0.2, 0.25) is 16.8 Å². The number of ether oxygens (including phenoxy) is 2. The molecule has 3 aromatic heterocycles.